The topological polar surface area (TPSA) is 184 Å². The number of benzene rings is 5. The van der Waals surface area contributed by atoms with Crippen LogP contribution >= 0.6 is 0 Å². The van der Waals surface area contributed by atoms with Crippen molar-refractivity contribution < 1.29 is 47.6 Å². The first-order valence-electron chi connectivity index (χ1n) is 24.4. The Morgan fingerprint density at radius 1 is 0.662 bits per heavy atom. The molecule has 0 radical (unpaired) electrons. The number of carbonyl (C=O) groups is 3. The molecule has 0 saturated carbocycles. The molecule has 6 atom stereocenters. The molecule has 7 aromatic rings. The van der Waals surface area contributed by atoms with Crippen LogP contribution in [-0.4, -0.2) is 77.5 Å². The molecule has 0 spiro atoms. The molecule has 5 N–H and O–H groups in total. The van der Waals surface area contributed by atoms with Crippen molar-refractivity contribution in [2.45, 2.75) is 49.6 Å². The van der Waals surface area contributed by atoms with Crippen molar-refractivity contribution in [3.63, 3.8) is 0 Å². The number of nitrogens with one attached hydrogen (secondary N) is 3. The van der Waals surface area contributed by atoms with E-state index in [-0.39, 0.29) is 64.4 Å². The van der Waals surface area contributed by atoms with Crippen LogP contribution in [0.15, 0.2) is 176 Å². The summed E-state index contributed by atoms with van der Waals surface area (Å²) < 4.78 is 44.1. The van der Waals surface area contributed by atoms with E-state index < -0.39 is 53.7 Å². The second-order valence-electron chi connectivity index (χ2n) is 17.7. The van der Waals surface area contributed by atoms with Crippen LogP contribution in [-0.2, 0) is 35.1 Å². The van der Waals surface area contributed by atoms with E-state index in [2.05, 4.69) is 25.9 Å². The summed E-state index contributed by atoms with van der Waals surface area (Å²) in [5, 5.41) is 32.2. The highest BCUT2D eigenvalue weighted by atomic mass is 19.1. The maximum absolute atomic E-state index is 13.8. The molecular formula is C58H58F2N6O8. The van der Waals surface area contributed by atoms with Crippen molar-refractivity contribution in [3.8, 4) is 0 Å². The zero-order chi connectivity index (χ0) is 51.7. The third-order valence-electron chi connectivity index (χ3n) is 12.7. The second-order valence-corrected chi connectivity index (χ2v) is 17.7. The molecule has 1 fully saturated rings. The van der Waals surface area contributed by atoms with Gasteiger partial charge in [-0.25, -0.2) is 13.8 Å². The van der Waals surface area contributed by atoms with E-state index in [1.165, 1.54) is 36.4 Å². The number of aliphatic hydroxyl groups is 2. The van der Waals surface area contributed by atoms with E-state index >= 15 is 0 Å². The van der Waals surface area contributed by atoms with Crippen LogP contribution in [0.4, 0.5) is 26.0 Å². The van der Waals surface area contributed by atoms with Crippen LogP contribution in [0.1, 0.15) is 76.6 Å². The first-order valence-corrected chi connectivity index (χ1v) is 24.4. The fraction of sp³-hybridized carbons (Fsp3) is 0.259. The van der Waals surface area contributed by atoms with Gasteiger partial charge in [0, 0.05) is 36.0 Å². The second kappa shape index (κ2) is 26.3. The Hall–Kier alpha value is -7.73. The molecule has 5 aromatic carbocycles. The lowest BCUT2D eigenvalue weighted by Crippen LogP contribution is -2.55. The highest BCUT2D eigenvalue weighted by Crippen LogP contribution is 2.47. The molecule has 382 valence electrons. The lowest BCUT2D eigenvalue weighted by molar-refractivity contribution is -0.131. The molecule has 1 aliphatic heterocycles. The smallest absolute Gasteiger partial charge is 0.250 e. The number of nitrogens with zero attached hydrogens (tertiary/aromatic N) is 3. The van der Waals surface area contributed by atoms with Crippen LogP contribution < -0.4 is 20.9 Å². The van der Waals surface area contributed by atoms with Gasteiger partial charge < -0.3 is 45.3 Å². The van der Waals surface area contributed by atoms with Gasteiger partial charge in [-0.3, -0.25) is 19.4 Å². The largest absolute Gasteiger partial charge is 0.388 e. The third kappa shape index (κ3) is 14.1. The van der Waals surface area contributed by atoms with Crippen LogP contribution in [0.3, 0.4) is 0 Å². The fourth-order valence-corrected chi connectivity index (χ4v) is 9.08. The highest BCUT2D eigenvalue weighted by molar-refractivity contribution is 6.03. The quantitative estimate of drug-likeness (QED) is 0.0258. The molecule has 14 nitrogen and oxygen atoms in total. The average Bonchev–Trinajstić information content (AvgIpc) is 3.43. The van der Waals surface area contributed by atoms with Crippen LogP contribution in [0.2, 0.25) is 0 Å². The first kappa shape index (κ1) is 52.6. The van der Waals surface area contributed by atoms with Gasteiger partial charge in [-0.05, 0) is 107 Å². The third-order valence-corrected chi connectivity index (χ3v) is 12.7. The normalized spacial score (nSPS) is 15.8. The van der Waals surface area contributed by atoms with Crippen molar-refractivity contribution in [1.29, 1.82) is 0 Å². The molecular weight excluding hydrogens is 947 g/mol. The fourth-order valence-electron chi connectivity index (χ4n) is 9.08. The van der Waals surface area contributed by atoms with Gasteiger partial charge in [0.15, 0.2) is 0 Å². The summed E-state index contributed by atoms with van der Waals surface area (Å²) in [6.07, 6.45) is 2.11. The molecule has 16 heteroatoms. The maximum Gasteiger partial charge on any atom is 0.250 e. The lowest BCUT2D eigenvalue weighted by atomic mass is 9.78. The summed E-state index contributed by atoms with van der Waals surface area (Å²) in [6, 6.07) is 45.6. The average molecular weight is 1010 g/mol. The van der Waals surface area contributed by atoms with E-state index in [4.69, 9.17) is 14.2 Å². The summed E-state index contributed by atoms with van der Waals surface area (Å²) in [5.41, 5.74) is 5.26. The zero-order valence-electron chi connectivity index (χ0n) is 40.5. The van der Waals surface area contributed by atoms with Crippen molar-refractivity contribution in [2.75, 3.05) is 55.2 Å². The number of hydrogen-bond acceptors (Lipinski definition) is 11. The molecule has 8 rings (SSSR count). The van der Waals surface area contributed by atoms with Crippen molar-refractivity contribution in [1.82, 2.24) is 15.3 Å². The molecule has 74 heavy (non-hydrogen) atoms. The van der Waals surface area contributed by atoms with E-state index in [1.54, 1.807) is 35.5 Å². The number of aromatic nitrogens is 2. The number of rotatable bonds is 26. The number of hydrogen-bond donors (Lipinski definition) is 5. The SMILES string of the molecule is O=C(COCCOCCOCC(=O)Nc1ccccc1C(Nc1ccccn1)C(c1ccccn1)C(O)c1ccccc1)NCc1cccc(C2C(CCC(O)c3ccc(F)cc3)C(=O)N2c2ccc(F)cc2)c1. The van der Waals surface area contributed by atoms with Gasteiger partial charge in [-0.2, -0.15) is 0 Å². The predicted octanol–water partition coefficient (Wildman–Crippen LogP) is 8.95. The molecule has 0 bridgehead atoms. The van der Waals surface area contributed by atoms with Crippen LogP contribution in [0, 0.1) is 17.6 Å². The highest BCUT2D eigenvalue weighted by Gasteiger charge is 2.48. The number of para-hydroxylation sites is 1. The standard InChI is InChI=1S/C58H58F2N6O8/c59-43-21-19-40(20-22-43)50(67)28-27-47-56(66(58(47)71)45-25-23-44(60)24-26-45)42-14-10-11-39(35-42)36-63-52(68)37-73-33-31-72-32-34-74-38-53(69)64-48-16-5-4-15-46(48)55(65-51-18-7-9-30-62-51)54(49-17-6-8-29-61-49)57(70)41-12-2-1-3-13-41/h1-26,29-30,35,47,50,54-57,67,70H,27-28,31-34,36-38H2,(H,62,65)(H,63,68)(H,64,69). The van der Waals surface area contributed by atoms with Gasteiger partial charge in [0.1, 0.15) is 30.7 Å². The number of β-lactam (4-membered cyclic amide) rings is 1. The molecule has 2 aromatic heterocycles. The van der Waals surface area contributed by atoms with Crippen molar-refractivity contribution in [3.05, 3.63) is 221 Å². The Balaban J connectivity index is 0.777. The molecule has 3 heterocycles. The van der Waals surface area contributed by atoms with E-state index in [0.29, 0.717) is 46.0 Å². The minimum absolute atomic E-state index is 0.124. The number of pyridine rings is 2. The number of amides is 3. The Morgan fingerprint density at radius 2 is 1.31 bits per heavy atom. The van der Waals surface area contributed by atoms with Crippen molar-refractivity contribution in [2.24, 2.45) is 5.92 Å². The number of ether oxygens (including phenoxy) is 3. The summed E-state index contributed by atoms with van der Waals surface area (Å²) >= 11 is 0. The minimum Gasteiger partial charge on any atom is -0.388 e. The molecule has 1 saturated heterocycles. The monoisotopic (exact) mass is 1000 g/mol. The van der Waals surface area contributed by atoms with Crippen LogP contribution in [0.25, 0.3) is 0 Å². The van der Waals surface area contributed by atoms with Gasteiger partial charge in [-0.1, -0.05) is 97.1 Å². The van der Waals surface area contributed by atoms with Gasteiger partial charge in [0.05, 0.1) is 62.6 Å². The van der Waals surface area contributed by atoms with E-state index in [1.807, 2.05) is 109 Å². The number of halogens is 2. The molecule has 0 aliphatic carbocycles. The Kier molecular flexibility index (Phi) is 18.7. The Morgan fingerprint density at radius 3 is 2.01 bits per heavy atom. The Bertz CT molecular complexity index is 2890. The lowest BCUT2D eigenvalue weighted by Gasteiger charge is -2.48. The summed E-state index contributed by atoms with van der Waals surface area (Å²) in [7, 11) is 0. The summed E-state index contributed by atoms with van der Waals surface area (Å²) in [6.45, 7) is 0.358. The van der Waals surface area contributed by atoms with Gasteiger partial charge in [-0.15, -0.1) is 0 Å². The van der Waals surface area contributed by atoms with Crippen molar-refractivity contribution >= 4 is 34.9 Å². The first-order chi connectivity index (χ1) is 36.1. The molecule has 1 aliphatic rings. The van der Waals surface area contributed by atoms with Gasteiger partial charge >= 0.3 is 0 Å². The maximum atomic E-state index is 13.8. The van der Waals surface area contributed by atoms with E-state index in [9.17, 15) is 33.4 Å². The van der Waals surface area contributed by atoms with Gasteiger partial charge in [0.25, 0.3) is 0 Å². The number of aliphatic hydroxyl groups excluding tert-OH is 2. The van der Waals surface area contributed by atoms with Crippen LogP contribution in [0.5, 0.6) is 0 Å². The number of carbonyl (C=O) groups excluding carboxylic acids is 3. The van der Waals surface area contributed by atoms with E-state index in [0.717, 1.165) is 11.1 Å². The minimum atomic E-state index is -0.986. The van der Waals surface area contributed by atoms with Gasteiger partial charge in [0.2, 0.25) is 17.7 Å². The number of anilines is 3. The zero-order valence-corrected chi connectivity index (χ0v) is 40.5. The summed E-state index contributed by atoms with van der Waals surface area (Å²) in [4.78, 5) is 50.4. The predicted molar refractivity (Wildman–Crippen MR) is 276 cm³/mol. The Labute approximate surface area is 428 Å². The molecule has 6 unspecified atom stereocenters. The summed E-state index contributed by atoms with van der Waals surface area (Å²) in [5.74, 6) is -2.24. The molecule has 3 amide bonds.